The van der Waals surface area contributed by atoms with Gasteiger partial charge in [-0.3, -0.25) is 4.79 Å². The first kappa shape index (κ1) is 35.5. The lowest BCUT2D eigenvalue weighted by atomic mass is 9.91. The standard InChI is InChI=1S/C34H39FN2O4.C5H12/c1-5-15-37(22(4)38)28-13-11-25(12-14-28)24-7-9-26(10-8-24)32-29(35)16-21(3)30(36-32)18-23(6-2)17-27-19-40-34-31(39)20-41-33(27)34;1-4-5(2)3/h7-14,16,18,27,31,33-34,39H,5-6,15,17,19-20H2,1-4H3;5H,4H2,1-3H3/b23-18+;/t27?,31?,33-,34-;/m1./s1. The number of aromatic nitrogens is 1. The molecule has 2 unspecified atom stereocenters. The molecule has 7 heteroatoms. The third-order valence-electron chi connectivity index (χ3n) is 8.97. The summed E-state index contributed by atoms with van der Waals surface area (Å²) in [6, 6.07) is 17.2. The fourth-order valence-electron chi connectivity index (χ4n) is 5.86. The fraction of sp³-hybridized carbons (Fsp3) is 0.487. The minimum atomic E-state index is -0.559. The van der Waals surface area contributed by atoms with Gasteiger partial charge in [-0.2, -0.15) is 0 Å². The van der Waals surface area contributed by atoms with E-state index >= 15 is 4.39 Å². The molecule has 248 valence electrons. The Morgan fingerprint density at radius 3 is 2.15 bits per heavy atom. The van der Waals surface area contributed by atoms with Crippen molar-refractivity contribution in [3.63, 3.8) is 0 Å². The van der Waals surface area contributed by atoms with E-state index in [1.165, 1.54) is 12.0 Å². The molecule has 1 N–H and O–H groups in total. The van der Waals surface area contributed by atoms with Crippen LogP contribution < -0.4 is 4.90 Å². The van der Waals surface area contributed by atoms with Gasteiger partial charge >= 0.3 is 0 Å². The van der Waals surface area contributed by atoms with Gasteiger partial charge in [0.25, 0.3) is 0 Å². The minimum absolute atomic E-state index is 0.0284. The SMILES string of the molecule is CCC(C)C.CCCN(C(C)=O)c1ccc(-c2ccc(-c3nc(/C=C(\CC)CC4CO[C@@H]5C(O)CO[C@H]45)c(C)cc3F)cc2)cc1. The third-order valence-corrected chi connectivity index (χ3v) is 8.97. The molecule has 46 heavy (non-hydrogen) atoms. The molecule has 5 rings (SSSR count). The van der Waals surface area contributed by atoms with Crippen molar-refractivity contribution in [2.24, 2.45) is 11.8 Å². The van der Waals surface area contributed by atoms with Crippen molar-refractivity contribution in [2.45, 2.75) is 92.5 Å². The number of rotatable bonds is 10. The Balaban J connectivity index is 0.000000892. The maximum atomic E-state index is 15.1. The summed E-state index contributed by atoms with van der Waals surface area (Å²) in [5, 5.41) is 10.1. The zero-order chi connectivity index (χ0) is 33.4. The number of amides is 1. The van der Waals surface area contributed by atoms with Gasteiger partial charge in [-0.1, -0.05) is 83.0 Å². The van der Waals surface area contributed by atoms with Gasteiger partial charge in [0.05, 0.1) is 25.0 Å². The average Bonchev–Trinajstić information content (AvgIpc) is 3.63. The van der Waals surface area contributed by atoms with Crippen molar-refractivity contribution in [1.29, 1.82) is 0 Å². The molecule has 0 saturated carbocycles. The van der Waals surface area contributed by atoms with Gasteiger partial charge in [-0.15, -0.1) is 0 Å². The van der Waals surface area contributed by atoms with Crippen LogP contribution in [0.4, 0.5) is 10.1 Å². The molecule has 0 spiro atoms. The second-order valence-corrected chi connectivity index (χ2v) is 12.9. The molecule has 3 heterocycles. The van der Waals surface area contributed by atoms with Gasteiger partial charge < -0.3 is 19.5 Å². The summed E-state index contributed by atoms with van der Waals surface area (Å²) in [4.78, 5) is 18.5. The van der Waals surface area contributed by atoms with Crippen LogP contribution in [-0.2, 0) is 14.3 Å². The summed E-state index contributed by atoms with van der Waals surface area (Å²) in [5.41, 5.74) is 6.66. The number of aliphatic hydroxyl groups is 1. The summed E-state index contributed by atoms with van der Waals surface area (Å²) >= 11 is 0. The lowest BCUT2D eigenvalue weighted by molar-refractivity contribution is -0.116. The number of anilines is 1. The number of allylic oxidation sites excluding steroid dienone is 1. The number of hydrogen-bond acceptors (Lipinski definition) is 5. The summed E-state index contributed by atoms with van der Waals surface area (Å²) in [6.45, 7) is 15.8. The molecule has 4 atom stereocenters. The van der Waals surface area contributed by atoms with Gasteiger partial charge in [0.15, 0.2) is 0 Å². The molecule has 1 aromatic heterocycles. The number of nitrogens with zero attached hydrogens (tertiary/aromatic N) is 2. The molecule has 3 aromatic rings. The van der Waals surface area contributed by atoms with Gasteiger partial charge in [-0.25, -0.2) is 9.37 Å². The van der Waals surface area contributed by atoms with E-state index in [4.69, 9.17) is 14.5 Å². The molecule has 2 saturated heterocycles. The first-order valence-corrected chi connectivity index (χ1v) is 16.8. The van der Waals surface area contributed by atoms with Crippen molar-refractivity contribution >= 4 is 17.7 Å². The van der Waals surface area contributed by atoms with E-state index in [1.54, 1.807) is 17.9 Å². The predicted octanol–water partition coefficient (Wildman–Crippen LogP) is 8.64. The quantitative estimate of drug-likeness (QED) is 0.243. The minimum Gasteiger partial charge on any atom is -0.388 e. The fourth-order valence-corrected chi connectivity index (χ4v) is 5.86. The molecule has 2 aliphatic heterocycles. The van der Waals surface area contributed by atoms with Gasteiger partial charge in [0.1, 0.15) is 23.7 Å². The van der Waals surface area contributed by atoms with Crippen LogP contribution in [0.1, 0.15) is 78.5 Å². The Morgan fingerprint density at radius 1 is 1.00 bits per heavy atom. The van der Waals surface area contributed by atoms with E-state index in [-0.39, 0.29) is 29.9 Å². The highest BCUT2D eigenvalue weighted by Gasteiger charge is 2.46. The van der Waals surface area contributed by atoms with Crippen LogP contribution in [0, 0.1) is 24.6 Å². The van der Waals surface area contributed by atoms with Gasteiger partial charge in [-0.05, 0) is 73.1 Å². The summed E-state index contributed by atoms with van der Waals surface area (Å²) < 4.78 is 26.8. The Morgan fingerprint density at radius 2 is 1.59 bits per heavy atom. The van der Waals surface area contributed by atoms with E-state index in [0.29, 0.717) is 31.0 Å². The Bertz CT molecular complexity index is 1470. The van der Waals surface area contributed by atoms with E-state index in [1.807, 2.05) is 55.5 Å². The highest BCUT2D eigenvalue weighted by atomic mass is 19.1. The van der Waals surface area contributed by atoms with Crippen molar-refractivity contribution in [2.75, 3.05) is 24.7 Å². The normalized spacial score (nSPS) is 20.8. The number of aliphatic hydroxyl groups excluding tert-OH is 1. The summed E-state index contributed by atoms with van der Waals surface area (Å²) in [5.74, 6) is 0.744. The van der Waals surface area contributed by atoms with Crippen molar-refractivity contribution in [3.8, 4) is 22.4 Å². The molecule has 0 bridgehead atoms. The topological polar surface area (TPSA) is 71.9 Å². The van der Waals surface area contributed by atoms with E-state index in [0.717, 1.165) is 53.3 Å². The molecule has 0 radical (unpaired) electrons. The first-order valence-electron chi connectivity index (χ1n) is 16.8. The van der Waals surface area contributed by atoms with Gasteiger partial charge in [0, 0.05) is 30.6 Å². The lowest BCUT2D eigenvalue weighted by Gasteiger charge is -2.20. The van der Waals surface area contributed by atoms with Crippen LogP contribution in [-0.4, -0.2) is 54.1 Å². The molecule has 2 aliphatic rings. The predicted molar refractivity (Wildman–Crippen MR) is 185 cm³/mol. The second kappa shape index (κ2) is 16.4. The summed E-state index contributed by atoms with van der Waals surface area (Å²) in [6.07, 6.45) is 4.99. The smallest absolute Gasteiger partial charge is 0.223 e. The highest BCUT2D eigenvalue weighted by molar-refractivity contribution is 5.91. The second-order valence-electron chi connectivity index (χ2n) is 12.9. The molecule has 1 amide bonds. The number of benzene rings is 2. The molecule has 0 aliphatic carbocycles. The van der Waals surface area contributed by atoms with Crippen molar-refractivity contribution in [3.05, 3.63) is 77.2 Å². The average molecular weight is 631 g/mol. The van der Waals surface area contributed by atoms with Crippen molar-refractivity contribution < 1.29 is 23.8 Å². The third kappa shape index (κ3) is 8.69. The van der Waals surface area contributed by atoms with E-state index < -0.39 is 6.10 Å². The lowest BCUT2D eigenvalue weighted by Crippen LogP contribution is -2.29. The number of carbonyl (C=O) groups excluding carboxylic acids is 1. The molecule has 2 fully saturated rings. The zero-order valence-electron chi connectivity index (χ0n) is 28.6. The highest BCUT2D eigenvalue weighted by Crippen LogP contribution is 2.36. The maximum absolute atomic E-state index is 15.1. The Hall–Kier alpha value is -3.39. The molecular formula is C39H51FN2O4. The summed E-state index contributed by atoms with van der Waals surface area (Å²) in [7, 11) is 0. The van der Waals surface area contributed by atoms with E-state index in [2.05, 4.69) is 40.7 Å². The number of carbonyl (C=O) groups is 1. The van der Waals surface area contributed by atoms with Crippen LogP contribution in [0.15, 0.2) is 60.2 Å². The number of pyridine rings is 1. The Kier molecular flexibility index (Phi) is 12.7. The van der Waals surface area contributed by atoms with Crippen LogP contribution in [0.5, 0.6) is 0 Å². The number of ether oxygens (including phenoxy) is 2. The van der Waals surface area contributed by atoms with E-state index in [9.17, 15) is 9.90 Å². The van der Waals surface area contributed by atoms with Crippen LogP contribution in [0.25, 0.3) is 28.5 Å². The molecular weight excluding hydrogens is 579 g/mol. The monoisotopic (exact) mass is 630 g/mol. The number of fused-ring (bicyclic) bond motifs is 1. The van der Waals surface area contributed by atoms with Crippen molar-refractivity contribution in [1.82, 2.24) is 4.98 Å². The van der Waals surface area contributed by atoms with Crippen LogP contribution in [0.3, 0.4) is 0 Å². The number of aryl methyl sites for hydroxylation is 1. The van der Waals surface area contributed by atoms with Crippen LogP contribution in [0.2, 0.25) is 0 Å². The number of halogens is 1. The van der Waals surface area contributed by atoms with Crippen LogP contribution >= 0.6 is 0 Å². The first-order chi connectivity index (χ1) is 22.1. The molecule has 2 aromatic carbocycles. The largest absolute Gasteiger partial charge is 0.388 e. The zero-order valence-corrected chi connectivity index (χ0v) is 28.6. The number of hydrogen-bond donors (Lipinski definition) is 1. The Labute approximate surface area is 274 Å². The van der Waals surface area contributed by atoms with Gasteiger partial charge in [0.2, 0.25) is 5.91 Å². The molecule has 6 nitrogen and oxygen atoms in total. The maximum Gasteiger partial charge on any atom is 0.223 e.